The fourth-order valence-electron chi connectivity index (χ4n) is 2.98. The lowest BCUT2D eigenvalue weighted by Crippen LogP contribution is -2.53. The van der Waals surface area contributed by atoms with Gasteiger partial charge >= 0.3 is 0 Å². The number of nitrogens with two attached hydrogens (primary N) is 1. The van der Waals surface area contributed by atoms with Crippen molar-refractivity contribution in [2.45, 2.75) is 56.9 Å². The molecule has 3 nitrogen and oxygen atoms in total. The molecule has 0 radical (unpaired) electrons. The summed E-state index contributed by atoms with van der Waals surface area (Å²) in [5, 5.41) is 3.22. The number of hydrogen-bond donors (Lipinski definition) is 2. The molecule has 3 heteroatoms. The molecule has 0 aliphatic heterocycles. The van der Waals surface area contributed by atoms with Crippen molar-refractivity contribution in [2.75, 3.05) is 6.54 Å². The van der Waals surface area contributed by atoms with E-state index in [0.717, 1.165) is 25.7 Å². The first-order valence-corrected chi connectivity index (χ1v) is 6.28. The van der Waals surface area contributed by atoms with Gasteiger partial charge in [0.2, 0.25) is 5.91 Å². The zero-order valence-corrected chi connectivity index (χ0v) is 9.43. The molecule has 0 spiro atoms. The van der Waals surface area contributed by atoms with Crippen molar-refractivity contribution >= 4 is 5.91 Å². The van der Waals surface area contributed by atoms with Crippen LogP contribution in [0.15, 0.2) is 0 Å². The van der Waals surface area contributed by atoms with Crippen LogP contribution in [0.1, 0.15) is 51.4 Å². The van der Waals surface area contributed by atoms with Crippen LogP contribution in [0.5, 0.6) is 0 Å². The van der Waals surface area contributed by atoms with E-state index in [1.807, 2.05) is 0 Å². The van der Waals surface area contributed by atoms with Gasteiger partial charge in [-0.05, 0) is 25.7 Å². The molecule has 0 aromatic heterocycles. The topological polar surface area (TPSA) is 55.1 Å². The molecule has 0 heterocycles. The molecule has 0 atom stereocenters. The minimum absolute atomic E-state index is 0.0559. The van der Waals surface area contributed by atoms with Crippen LogP contribution in [0, 0.1) is 5.92 Å². The summed E-state index contributed by atoms with van der Waals surface area (Å²) in [6.07, 6.45) is 9.15. The zero-order valence-electron chi connectivity index (χ0n) is 9.43. The molecule has 0 saturated heterocycles. The van der Waals surface area contributed by atoms with Gasteiger partial charge in [-0.3, -0.25) is 4.79 Å². The molecular formula is C12H22N2O. The monoisotopic (exact) mass is 210 g/mol. The predicted molar refractivity (Wildman–Crippen MR) is 60.4 cm³/mol. The lowest BCUT2D eigenvalue weighted by molar-refractivity contribution is -0.126. The quantitative estimate of drug-likeness (QED) is 0.743. The smallest absolute Gasteiger partial charge is 0.223 e. The summed E-state index contributed by atoms with van der Waals surface area (Å²) in [4.78, 5) is 12.0. The average Bonchev–Trinajstić information content (AvgIpc) is 2.88. The van der Waals surface area contributed by atoms with E-state index in [0.29, 0.717) is 6.54 Å². The fraction of sp³-hybridized carbons (Fsp3) is 0.917. The average molecular weight is 210 g/mol. The molecule has 2 rings (SSSR count). The Kier molecular flexibility index (Phi) is 3.29. The van der Waals surface area contributed by atoms with Crippen molar-refractivity contribution in [3.8, 4) is 0 Å². The Labute approximate surface area is 91.8 Å². The molecule has 3 N–H and O–H groups in total. The highest BCUT2D eigenvalue weighted by Crippen LogP contribution is 2.31. The standard InChI is InChI=1S/C12H22N2O/c13-9-12(7-3-4-8-12)14-11(15)10-5-1-2-6-10/h10H,1-9,13H2,(H,14,15). The van der Waals surface area contributed by atoms with Crippen molar-refractivity contribution in [2.24, 2.45) is 11.7 Å². The molecule has 2 fully saturated rings. The van der Waals surface area contributed by atoms with Gasteiger partial charge in [-0.15, -0.1) is 0 Å². The van der Waals surface area contributed by atoms with Crippen molar-refractivity contribution in [1.29, 1.82) is 0 Å². The summed E-state index contributed by atoms with van der Waals surface area (Å²) in [6, 6.07) is 0. The van der Waals surface area contributed by atoms with Gasteiger partial charge < -0.3 is 11.1 Å². The Morgan fingerprint density at radius 2 is 1.80 bits per heavy atom. The first-order valence-electron chi connectivity index (χ1n) is 6.28. The van der Waals surface area contributed by atoms with Gasteiger partial charge in [0.05, 0.1) is 5.54 Å². The van der Waals surface area contributed by atoms with E-state index in [9.17, 15) is 4.79 Å². The van der Waals surface area contributed by atoms with Gasteiger partial charge in [0, 0.05) is 12.5 Å². The zero-order chi connectivity index (χ0) is 10.7. The first-order chi connectivity index (χ1) is 7.26. The molecular weight excluding hydrogens is 188 g/mol. The van der Waals surface area contributed by atoms with Crippen LogP contribution in [-0.2, 0) is 4.79 Å². The van der Waals surface area contributed by atoms with Gasteiger partial charge in [-0.25, -0.2) is 0 Å². The summed E-state index contributed by atoms with van der Waals surface area (Å²) in [7, 11) is 0. The van der Waals surface area contributed by atoms with Gasteiger partial charge in [0.25, 0.3) is 0 Å². The third kappa shape index (κ3) is 2.33. The Bertz CT molecular complexity index is 228. The molecule has 2 aliphatic rings. The van der Waals surface area contributed by atoms with Crippen LogP contribution >= 0.6 is 0 Å². The van der Waals surface area contributed by atoms with E-state index >= 15 is 0 Å². The minimum atomic E-state index is -0.0559. The number of hydrogen-bond acceptors (Lipinski definition) is 2. The Morgan fingerprint density at radius 3 is 2.33 bits per heavy atom. The molecule has 2 aliphatic carbocycles. The summed E-state index contributed by atoms with van der Waals surface area (Å²) >= 11 is 0. The Morgan fingerprint density at radius 1 is 1.20 bits per heavy atom. The van der Waals surface area contributed by atoms with Crippen LogP contribution < -0.4 is 11.1 Å². The lowest BCUT2D eigenvalue weighted by atomic mass is 9.96. The van der Waals surface area contributed by atoms with Crippen LogP contribution in [0.25, 0.3) is 0 Å². The molecule has 2 saturated carbocycles. The molecule has 0 unspecified atom stereocenters. The van der Waals surface area contributed by atoms with E-state index in [-0.39, 0.29) is 17.4 Å². The normalized spacial score (nSPS) is 25.7. The van der Waals surface area contributed by atoms with Gasteiger partial charge in [0.15, 0.2) is 0 Å². The second kappa shape index (κ2) is 4.52. The number of nitrogens with one attached hydrogen (secondary N) is 1. The van der Waals surface area contributed by atoms with Crippen LogP contribution in [0.3, 0.4) is 0 Å². The summed E-state index contributed by atoms with van der Waals surface area (Å²) in [6.45, 7) is 0.603. The minimum Gasteiger partial charge on any atom is -0.349 e. The third-order valence-electron chi connectivity index (χ3n) is 4.07. The number of carbonyl (C=O) groups is 1. The second-order valence-electron chi connectivity index (χ2n) is 5.16. The van der Waals surface area contributed by atoms with Crippen molar-refractivity contribution < 1.29 is 4.79 Å². The van der Waals surface area contributed by atoms with E-state index in [4.69, 9.17) is 5.73 Å². The maximum atomic E-state index is 12.0. The molecule has 15 heavy (non-hydrogen) atoms. The molecule has 0 aromatic rings. The number of amides is 1. The van der Waals surface area contributed by atoms with Crippen LogP contribution in [-0.4, -0.2) is 18.0 Å². The maximum Gasteiger partial charge on any atom is 0.223 e. The van der Waals surface area contributed by atoms with Gasteiger partial charge in [0.1, 0.15) is 0 Å². The highest BCUT2D eigenvalue weighted by Gasteiger charge is 2.36. The largest absolute Gasteiger partial charge is 0.349 e. The predicted octanol–water partition coefficient (Wildman–Crippen LogP) is 1.56. The van der Waals surface area contributed by atoms with E-state index in [1.54, 1.807) is 0 Å². The van der Waals surface area contributed by atoms with Crippen LogP contribution in [0.2, 0.25) is 0 Å². The summed E-state index contributed by atoms with van der Waals surface area (Å²) in [5.74, 6) is 0.536. The van der Waals surface area contributed by atoms with Crippen molar-refractivity contribution in [3.63, 3.8) is 0 Å². The van der Waals surface area contributed by atoms with Gasteiger partial charge in [-0.2, -0.15) is 0 Å². The molecule has 0 aromatic carbocycles. The fourth-order valence-corrected chi connectivity index (χ4v) is 2.98. The molecule has 86 valence electrons. The Hall–Kier alpha value is -0.570. The lowest BCUT2D eigenvalue weighted by Gasteiger charge is -2.30. The highest BCUT2D eigenvalue weighted by molar-refractivity contribution is 5.79. The van der Waals surface area contributed by atoms with Crippen molar-refractivity contribution in [3.05, 3.63) is 0 Å². The first kappa shape index (κ1) is 10.9. The third-order valence-corrected chi connectivity index (χ3v) is 4.07. The second-order valence-corrected chi connectivity index (χ2v) is 5.16. The number of rotatable bonds is 3. The van der Waals surface area contributed by atoms with Crippen molar-refractivity contribution in [1.82, 2.24) is 5.32 Å². The van der Waals surface area contributed by atoms with E-state index in [1.165, 1.54) is 25.7 Å². The molecule has 0 bridgehead atoms. The highest BCUT2D eigenvalue weighted by atomic mass is 16.2. The SMILES string of the molecule is NCC1(NC(=O)C2CCCC2)CCCC1. The summed E-state index contributed by atoms with van der Waals surface area (Å²) < 4.78 is 0. The summed E-state index contributed by atoms with van der Waals surface area (Å²) in [5.41, 5.74) is 5.75. The van der Waals surface area contributed by atoms with E-state index < -0.39 is 0 Å². The number of carbonyl (C=O) groups excluding carboxylic acids is 1. The van der Waals surface area contributed by atoms with Gasteiger partial charge in [-0.1, -0.05) is 25.7 Å². The van der Waals surface area contributed by atoms with E-state index in [2.05, 4.69) is 5.32 Å². The Balaban J connectivity index is 1.91. The maximum absolute atomic E-state index is 12.0. The molecule has 1 amide bonds. The van der Waals surface area contributed by atoms with Crippen LogP contribution in [0.4, 0.5) is 0 Å².